The molecule has 0 aliphatic rings. The number of nitrogens with one attached hydrogen (secondary N) is 1. The van der Waals surface area contributed by atoms with Crippen molar-refractivity contribution in [1.29, 1.82) is 0 Å². The van der Waals surface area contributed by atoms with Crippen molar-refractivity contribution in [3.63, 3.8) is 0 Å². The number of benzene rings is 1. The Morgan fingerprint density at radius 1 is 1.10 bits per heavy atom. The molecule has 5 nitrogen and oxygen atoms in total. The van der Waals surface area contributed by atoms with Crippen LogP contribution in [0.15, 0.2) is 47.0 Å². The molecule has 2 amide bonds. The Morgan fingerprint density at radius 2 is 1.90 bits per heavy atom. The molecule has 0 fully saturated rings. The number of fused-ring (bicyclic) bond motifs is 1. The van der Waals surface area contributed by atoms with Crippen LogP contribution >= 0.6 is 22.7 Å². The third kappa shape index (κ3) is 2.48. The molecule has 0 spiro atoms. The number of rotatable bonds is 3. The van der Waals surface area contributed by atoms with Gasteiger partial charge in [-0.2, -0.15) is 0 Å². The molecule has 21 heavy (non-hydrogen) atoms. The Labute approximate surface area is 127 Å². The number of nitroso groups, excluding NO2 is 1. The first-order valence-corrected chi connectivity index (χ1v) is 7.64. The molecular weight excluding hydrogens is 308 g/mol. The third-order valence-corrected chi connectivity index (χ3v) is 4.81. The van der Waals surface area contributed by atoms with Crippen molar-refractivity contribution in [2.75, 3.05) is 5.32 Å². The quantitative estimate of drug-likeness (QED) is 0.738. The highest BCUT2D eigenvalue weighted by molar-refractivity contribution is 7.21. The van der Waals surface area contributed by atoms with Crippen molar-refractivity contribution in [2.24, 2.45) is 5.18 Å². The number of nitrogens with zero attached hydrogens (tertiary/aromatic N) is 1. The highest BCUT2D eigenvalue weighted by Crippen LogP contribution is 2.32. The second-order valence-corrected chi connectivity index (χ2v) is 6.13. The minimum atomic E-state index is -0.927. The van der Waals surface area contributed by atoms with Crippen LogP contribution in [0.2, 0.25) is 0 Å². The van der Waals surface area contributed by atoms with Crippen LogP contribution in [0.3, 0.4) is 0 Å². The zero-order chi connectivity index (χ0) is 14.8. The predicted molar refractivity (Wildman–Crippen MR) is 84.2 cm³/mol. The zero-order valence-electron chi connectivity index (χ0n) is 10.5. The van der Waals surface area contributed by atoms with Crippen LogP contribution < -0.4 is 5.32 Å². The molecule has 0 bridgehead atoms. The van der Waals surface area contributed by atoms with E-state index < -0.39 is 11.8 Å². The predicted octanol–water partition coefficient (Wildman–Crippen LogP) is 4.12. The molecule has 3 aromatic rings. The molecule has 0 atom stereocenters. The highest BCUT2D eigenvalue weighted by Gasteiger charge is 2.24. The van der Waals surface area contributed by atoms with Crippen LogP contribution in [0, 0.1) is 4.91 Å². The average molecular weight is 316 g/mol. The Balaban J connectivity index is 2.10. The second-order valence-electron chi connectivity index (χ2n) is 4.13. The Bertz CT molecular complexity index is 837. The van der Waals surface area contributed by atoms with Crippen molar-refractivity contribution < 1.29 is 9.59 Å². The molecule has 1 aromatic carbocycles. The molecule has 2 heterocycles. The Kier molecular flexibility index (Phi) is 3.59. The number of amides is 2. The Morgan fingerprint density at radius 3 is 2.62 bits per heavy atom. The lowest BCUT2D eigenvalue weighted by Gasteiger charge is -2.01. The van der Waals surface area contributed by atoms with Gasteiger partial charge in [-0.25, -0.2) is 0 Å². The standard InChI is InChI=1S/C14H8N2O3S2/c17-13(16-19)11-8-4-1-2-5-9(8)21-12(11)14(18)15-10-6-3-7-20-10/h1-7H,(H,15,18). The lowest BCUT2D eigenvalue weighted by Crippen LogP contribution is -2.12. The molecule has 0 aliphatic heterocycles. The summed E-state index contributed by atoms with van der Waals surface area (Å²) in [5.74, 6) is -1.34. The summed E-state index contributed by atoms with van der Waals surface area (Å²) < 4.78 is 0.765. The largest absolute Gasteiger partial charge is 0.319 e. The van der Waals surface area contributed by atoms with E-state index in [0.717, 1.165) is 4.70 Å². The molecule has 0 unspecified atom stereocenters. The van der Waals surface area contributed by atoms with Crippen molar-refractivity contribution in [3.05, 3.63) is 57.1 Å². The fourth-order valence-electron chi connectivity index (χ4n) is 1.98. The number of carbonyl (C=O) groups excluding carboxylic acids is 2. The maximum absolute atomic E-state index is 12.3. The van der Waals surface area contributed by atoms with Crippen molar-refractivity contribution in [1.82, 2.24) is 0 Å². The molecule has 0 saturated heterocycles. The lowest BCUT2D eigenvalue weighted by atomic mass is 10.1. The maximum atomic E-state index is 12.3. The summed E-state index contributed by atoms with van der Waals surface area (Å²) in [6, 6.07) is 10.6. The number of carbonyl (C=O) groups is 2. The fourth-order valence-corrected chi connectivity index (χ4v) is 3.68. The van der Waals surface area contributed by atoms with Crippen LogP contribution in [0.5, 0.6) is 0 Å². The van der Waals surface area contributed by atoms with E-state index in [4.69, 9.17) is 0 Å². The van der Waals surface area contributed by atoms with E-state index in [9.17, 15) is 14.5 Å². The number of hydrogen-bond acceptors (Lipinski definition) is 5. The minimum absolute atomic E-state index is 0.0691. The first-order valence-electron chi connectivity index (χ1n) is 5.95. The third-order valence-electron chi connectivity index (χ3n) is 2.86. The van der Waals surface area contributed by atoms with Crippen LogP contribution in [-0.4, -0.2) is 11.8 Å². The van der Waals surface area contributed by atoms with E-state index in [2.05, 4.69) is 10.5 Å². The second kappa shape index (κ2) is 5.55. The van der Waals surface area contributed by atoms with Gasteiger partial charge in [0.05, 0.1) is 10.6 Å². The molecule has 0 aliphatic carbocycles. The van der Waals surface area contributed by atoms with Crippen LogP contribution in [0.4, 0.5) is 5.00 Å². The summed E-state index contributed by atoms with van der Waals surface area (Å²) in [5, 5.41) is 8.26. The van der Waals surface area contributed by atoms with Gasteiger partial charge in [0.2, 0.25) is 0 Å². The van der Waals surface area contributed by atoms with Crippen molar-refractivity contribution >= 4 is 49.6 Å². The normalized spacial score (nSPS) is 10.5. The van der Waals surface area contributed by atoms with Crippen molar-refractivity contribution in [3.8, 4) is 0 Å². The van der Waals surface area contributed by atoms with E-state index in [1.165, 1.54) is 22.7 Å². The molecule has 0 radical (unpaired) electrons. The first kappa shape index (κ1) is 13.6. The molecule has 7 heteroatoms. The lowest BCUT2D eigenvalue weighted by molar-refractivity contribution is 0.0981. The zero-order valence-corrected chi connectivity index (χ0v) is 12.2. The topological polar surface area (TPSA) is 75.6 Å². The monoisotopic (exact) mass is 316 g/mol. The number of hydrogen-bond donors (Lipinski definition) is 1. The van der Waals surface area contributed by atoms with Gasteiger partial charge in [-0.15, -0.1) is 27.6 Å². The fraction of sp³-hybridized carbons (Fsp3) is 0. The Hall–Kier alpha value is -2.38. The molecule has 104 valence electrons. The van der Waals surface area contributed by atoms with Crippen LogP contribution in [0.25, 0.3) is 10.1 Å². The van der Waals surface area contributed by atoms with Gasteiger partial charge in [0.15, 0.2) is 0 Å². The van der Waals surface area contributed by atoms with E-state index in [-0.39, 0.29) is 10.4 Å². The summed E-state index contributed by atoms with van der Waals surface area (Å²) in [6.07, 6.45) is 0. The molecule has 1 N–H and O–H groups in total. The van der Waals surface area contributed by atoms with Gasteiger partial charge in [0.25, 0.3) is 5.91 Å². The van der Waals surface area contributed by atoms with Gasteiger partial charge >= 0.3 is 5.91 Å². The SMILES string of the molecule is O=NC(=O)c1c(C(=O)Nc2cccs2)sc2ccccc12. The van der Waals surface area contributed by atoms with Gasteiger partial charge in [0, 0.05) is 15.3 Å². The molecule has 3 rings (SSSR count). The highest BCUT2D eigenvalue weighted by atomic mass is 32.1. The minimum Gasteiger partial charge on any atom is -0.313 e. The molecular formula is C14H8N2O3S2. The number of anilines is 1. The molecule has 0 saturated carbocycles. The van der Waals surface area contributed by atoms with Gasteiger partial charge in [-0.3, -0.25) is 9.59 Å². The summed E-state index contributed by atoms with van der Waals surface area (Å²) >= 11 is 2.55. The average Bonchev–Trinajstić information content (AvgIpc) is 3.13. The summed E-state index contributed by atoms with van der Waals surface area (Å²) in [7, 11) is 0. The van der Waals surface area contributed by atoms with E-state index in [1.54, 1.807) is 24.3 Å². The van der Waals surface area contributed by atoms with E-state index >= 15 is 0 Å². The van der Waals surface area contributed by atoms with Crippen LogP contribution in [-0.2, 0) is 0 Å². The summed E-state index contributed by atoms with van der Waals surface area (Å²) in [4.78, 5) is 34.9. The van der Waals surface area contributed by atoms with Crippen LogP contribution in [0.1, 0.15) is 20.0 Å². The smallest absolute Gasteiger partial charge is 0.313 e. The first-order chi connectivity index (χ1) is 10.2. The van der Waals surface area contributed by atoms with Gasteiger partial charge < -0.3 is 5.32 Å². The van der Waals surface area contributed by atoms with E-state index in [1.807, 2.05) is 17.5 Å². The van der Waals surface area contributed by atoms with E-state index in [0.29, 0.717) is 10.4 Å². The van der Waals surface area contributed by atoms with Gasteiger partial charge in [-0.1, -0.05) is 18.2 Å². The summed E-state index contributed by atoms with van der Waals surface area (Å²) in [6.45, 7) is 0. The molecule has 2 aromatic heterocycles. The maximum Gasteiger partial charge on any atom is 0.319 e. The van der Waals surface area contributed by atoms with Gasteiger partial charge in [-0.05, 0) is 23.6 Å². The summed E-state index contributed by atoms with van der Waals surface area (Å²) in [5.41, 5.74) is 0.0691. The number of thiophene rings is 2. The van der Waals surface area contributed by atoms with Crippen molar-refractivity contribution in [2.45, 2.75) is 0 Å². The van der Waals surface area contributed by atoms with Gasteiger partial charge in [0.1, 0.15) is 4.88 Å².